The summed E-state index contributed by atoms with van der Waals surface area (Å²) in [5.74, 6) is 1.65. The van der Waals surface area contributed by atoms with Gasteiger partial charge < -0.3 is 20.2 Å². The van der Waals surface area contributed by atoms with Crippen molar-refractivity contribution in [2.24, 2.45) is 0 Å². The number of ether oxygens (including phenoxy) is 1. The topological polar surface area (TPSA) is 115 Å². The van der Waals surface area contributed by atoms with E-state index in [0.717, 1.165) is 27.8 Å². The highest BCUT2D eigenvalue weighted by Crippen LogP contribution is 2.28. The predicted octanol–water partition coefficient (Wildman–Crippen LogP) is 3.38. The van der Waals surface area contributed by atoms with Crippen LogP contribution >= 0.6 is 0 Å². The number of nitrogens with one attached hydrogen (secondary N) is 2. The van der Waals surface area contributed by atoms with Crippen molar-refractivity contribution in [2.45, 2.75) is 13.0 Å². The summed E-state index contributed by atoms with van der Waals surface area (Å²) < 4.78 is 11.0. The number of aromatic nitrogens is 4. The van der Waals surface area contributed by atoms with Crippen molar-refractivity contribution >= 4 is 22.7 Å². The number of fused-ring (bicyclic) bond motifs is 1. The second kappa shape index (κ2) is 6.40. The first-order chi connectivity index (χ1) is 12.6. The Balaban J connectivity index is 1.56. The largest absolute Gasteiger partial charge is 0.497 e. The lowest BCUT2D eigenvalue weighted by Gasteiger charge is -2.13. The minimum absolute atomic E-state index is 0.0228. The van der Waals surface area contributed by atoms with Crippen molar-refractivity contribution in [2.75, 3.05) is 18.2 Å². The Morgan fingerprint density at radius 2 is 2.08 bits per heavy atom. The number of nitrogens with two attached hydrogens (primary N) is 1. The fourth-order valence-electron chi connectivity index (χ4n) is 2.74. The van der Waals surface area contributed by atoms with Crippen LogP contribution in [-0.4, -0.2) is 27.5 Å². The van der Waals surface area contributed by atoms with Gasteiger partial charge in [-0.2, -0.15) is 5.10 Å². The Morgan fingerprint density at radius 3 is 2.92 bits per heavy atom. The normalized spacial score (nSPS) is 12.2. The van der Waals surface area contributed by atoms with Crippen LogP contribution in [0.5, 0.6) is 5.75 Å². The first-order valence-electron chi connectivity index (χ1n) is 8.12. The smallest absolute Gasteiger partial charge is 0.316 e. The van der Waals surface area contributed by atoms with E-state index in [1.807, 2.05) is 49.4 Å². The number of hydrogen-bond acceptors (Lipinski definition) is 7. The van der Waals surface area contributed by atoms with Gasteiger partial charge in [-0.1, -0.05) is 17.2 Å². The van der Waals surface area contributed by atoms with Gasteiger partial charge in [-0.05, 0) is 42.8 Å². The van der Waals surface area contributed by atoms with Crippen molar-refractivity contribution in [1.29, 1.82) is 0 Å². The number of anilines is 2. The number of aromatic amines is 1. The molecule has 132 valence electrons. The van der Waals surface area contributed by atoms with E-state index >= 15 is 0 Å². The zero-order valence-electron chi connectivity index (χ0n) is 14.4. The highest BCUT2D eigenvalue weighted by Gasteiger charge is 2.14. The standard InChI is InChI=1S/C18H18N6O2/c1-10(11-4-3-5-13(8-11)25-2)20-18-24-23-17(26-18)12-6-7-15-14(9-12)16(19)22-21-15/h3-10H,1-2H3,(H,20,24)(H3,19,21,22)/t10-/m1/s1. The molecule has 0 aliphatic carbocycles. The van der Waals surface area contributed by atoms with Crippen LogP contribution in [0.1, 0.15) is 18.5 Å². The first-order valence-corrected chi connectivity index (χ1v) is 8.12. The fourth-order valence-corrected chi connectivity index (χ4v) is 2.74. The van der Waals surface area contributed by atoms with Gasteiger partial charge in [0.1, 0.15) is 5.75 Å². The Morgan fingerprint density at radius 1 is 1.19 bits per heavy atom. The van der Waals surface area contributed by atoms with Crippen LogP contribution < -0.4 is 15.8 Å². The second-order valence-corrected chi connectivity index (χ2v) is 5.92. The van der Waals surface area contributed by atoms with Gasteiger partial charge >= 0.3 is 6.01 Å². The average molecular weight is 350 g/mol. The molecule has 0 bridgehead atoms. The van der Waals surface area contributed by atoms with Crippen molar-refractivity contribution < 1.29 is 9.15 Å². The van der Waals surface area contributed by atoms with Crippen LogP contribution in [-0.2, 0) is 0 Å². The van der Waals surface area contributed by atoms with Crippen molar-refractivity contribution in [3.05, 3.63) is 48.0 Å². The lowest BCUT2D eigenvalue weighted by molar-refractivity contribution is 0.414. The summed E-state index contributed by atoms with van der Waals surface area (Å²) in [6.07, 6.45) is 0. The molecule has 0 aliphatic heterocycles. The molecule has 0 radical (unpaired) electrons. The Kier molecular flexibility index (Phi) is 3.92. The Hall–Kier alpha value is -3.55. The van der Waals surface area contributed by atoms with Crippen LogP contribution in [0.2, 0.25) is 0 Å². The van der Waals surface area contributed by atoms with E-state index in [9.17, 15) is 0 Å². The van der Waals surface area contributed by atoms with Gasteiger partial charge in [0.15, 0.2) is 5.82 Å². The summed E-state index contributed by atoms with van der Waals surface area (Å²) in [5, 5.41) is 19.1. The number of methoxy groups -OCH3 is 1. The summed E-state index contributed by atoms with van der Waals surface area (Å²) >= 11 is 0. The first kappa shape index (κ1) is 15.9. The summed E-state index contributed by atoms with van der Waals surface area (Å²) in [6.45, 7) is 2.01. The summed E-state index contributed by atoms with van der Waals surface area (Å²) in [5.41, 5.74) is 8.54. The number of nitrogens with zero attached hydrogens (tertiary/aromatic N) is 3. The monoisotopic (exact) mass is 350 g/mol. The quantitative estimate of drug-likeness (QED) is 0.505. The maximum atomic E-state index is 5.85. The molecule has 0 fully saturated rings. The Bertz CT molecular complexity index is 1050. The van der Waals surface area contributed by atoms with E-state index in [1.54, 1.807) is 7.11 Å². The van der Waals surface area contributed by atoms with E-state index in [2.05, 4.69) is 25.7 Å². The number of rotatable bonds is 5. The molecule has 0 saturated heterocycles. The minimum Gasteiger partial charge on any atom is -0.497 e. The number of benzene rings is 2. The molecule has 0 unspecified atom stereocenters. The van der Waals surface area contributed by atoms with Gasteiger partial charge in [0, 0.05) is 10.9 Å². The van der Waals surface area contributed by atoms with Crippen molar-refractivity contribution in [3.8, 4) is 17.2 Å². The SMILES string of the molecule is COc1cccc([C@@H](C)Nc2nnc(-c3ccc4[nH]nc(N)c4c3)o2)c1. The van der Waals surface area contributed by atoms with Crippen molar-refractivity contribution in [3.63, 3.8) is 0 Å². The molecular weight excluding hydrogens is 332 g/mol. The van der Waals surface area contributed by atoms with Gasteiger partial charge in [-0.3, -0.25) is 5.10 Å². The third kappa shape index (κ3) is 2.92. The van der Waals surface area contributed by atoms with E-state index in [0.29, 0.717) is 17.7 Å². The van der Waals surface area contributed by atoms with Crippen LogP contribution in [0.4, 0.5) is 11.8 Å². The molecule has 8 nitrogen and oxygen atoms in total. The number of H-pyrrole nitrogens is 1. The highest BCUT2D eigenvalue weighted by molar-refractivity contribution is 5.91. The maximum Gasteiger partial charge on any atom is 0.316 e. The zero-order chi connectivity index (χ0) is 18.1. The van der Waals surface area contributed by atoms with E-state index < -0.39 is 0 Å². The summed E-state index contributed by atoms with van der Waals surface area (Å²) in [6, 6.07) is 13.8. The van der Waals surface area contributed by atoms with Gasteiger partial charge in [0.2, 0.25) is 5.89 Å². The molecule has 0 amide bonds. The average Bonchev–Trinajstić information content (AvgIpc) is 3.28. The molecule has 2 aromatic carbocycles. The molecule has 1 atom stereocenters. The molecule has 4 aromatic rings. The predicted molar refractivity (Wildman–Crippen MR) is 98.8 cm³/mol. The molecule has 0 aliphatic rings. The highest BCUT2D eigenvalue weighted by atomic mass is 16.5. The van der Waals surface area contributed by atoms with Crippen molar-refractivity contribution in [1.82, 2.24) is 20.4 Å². The van der Waals surface area contributed by atoms with Crippen LogP contribution in [0.3, 0.4) is 0 Å². The fraction of sp³-hybridized carbons (Fsp3) is 0.167. The molecule has 8 heteroatoms. The molecule has 4 N–H and O–H groups in total. The lowest BCUT2D eigenvalue weighted by Crippen LogP contribution is -2.06. The molecule has 2 heterocycles. The van der Waals surface area contributed by atoms with Crippen LogP contribution in [0.25, 0.3) is 22.4 Å². The number of nitrogen functional groups attached to an aromatic ring is 1. The van der Waals surface area contributed by atoms with E-state index in [-0.39, 0.29) is 6.04 Å². The van der Waals surface area contributed by atoms with Gasteiger partial charge in [0.25, 0.3) is 0 Å². The molecule has 0 spiro atoms. The third-order valence-corrected chi connectivity index (χ3v) is 4.20. The lowest BCUT2D eigenvalue weighted by atomic mass is 10.1. The van der Waals surface area contributed by atoms with Crippen LogP contribution in [0.15, 0.2) is 46.9 Å². The van der Waals surface area contributed by atoms with E-state index in [1.165, 1.54) is 0 Å². The molecular formula is C18H18N6O2. The van der Waals surface area contributed by atoms with Gasteiger partial charge in [-0.25, -0.2) is 0 Å². The maximum absolute atomic E-state index is 5.85. The molecule has 26 heavy (non-hydrogen) atoms. The Labute approximate surface area is 149 Å². The van der Waals surface area contributed by atoms with E-state index in [4.69, 9.17) is 14.9 Å². The zero-order valence-corrected chi connectivity index (χ0v) is 14.4. The third-order valence-electron chi connectivity index (χ3n) is 4.20. The minimum atomic E-state index is -0.0228. The molecule has 4 rings (SSSR count). The summed E-state index contributed by atoms with van der Waals surface area (Å²) in [4.78, 5) is 0. The second-order valence-electron chi connectivity index (χ2n) is 5.92. The van der Waals surface area contributed by atoms with Gasteiger partial charge in [-0.15, -0.1) is 5.10 Å². The summed E-state index contributed by atoms with van der Waals surface area (Å²) in [7, 11) is 1.64. The molecule has 2 aromatic heterocycles. The van der Waals surface area contributed by atoms with Crippen LogP contribution in [0, 0.1) is 0 Å². The van der Waals surface area contributed by atoms with Gasteiger partial charge in [0.05, 0.1) is 18.7 Å². The molecule has 0 saturated carbocycles. The number of hydrogen-bond donors (Lipinski definition) is 3.